The molecule has 0 aliphatic carbocycles. The molecule has 0 aromatic rings. The lowest BCUT2D eigenvalue weighted by Gasteiger charge is -2.35. The Balaban J connectivity index is 2.27. The third-order valence-corrected chi connectivity index (χ3v) is 2.93. The molecule has 13 heavy (non-hydrogen) atoms. The first-order valence-electron chi connectivity index (χ1n) is 5.29. The summed E-state index contributed by atoms with van der Waals surface area (Å²) in [6.45, 7) is 5.36. The molecule has 1 fully saturated rings. The Morgan fingerprint density at radius 1 is 1.46 bits per heavy atom. The summed E-state index contributed by atoms with van der Waals surface area (Å²) < 4.78 is 0. The van der Waals surface area contributed by atoms with E-state index in [9.17, 15) is 5.11 Å². The van der Waals surface area contributed by atoms with Gasteiger partial charge in [-0.05, 0) is 25.2 Å². The zero-order valence-electron chi connectivity index (χ0n) is 8.45. The van der Waals surface area contributed by atoms with Crippen LogP contribution in [0.5, 0.6) is 0 Å². The van der Waals surface area contributed by atoms with Crippen LogP contribution in [0.25, 0.3) is 0 Å². The molecule has 1 saturated heterocycles. The van der Waals surface area contributed by atoms with Gasteiger partial charge in [-0.1, -0.05) is 6.92 Å². The Hall–Kier alpha value is -0.120. The molecule has 3 heteroatoms. The van der Waals surface area contributed by atoms with Crippen molar-refractivity contribution in [3.8, 4) is 0 Å². The normalized spacial score (nSPS) is 30.7. The largest absolute Gasteiger partial charge is 0.396 e. The number of rotatable bonds is 4. The van der Waals surface area contributed by atoms with Crippen molar-refractivity contribution < 1.29 is 10.2 Å². The fourth-order valence-electron chi connectivity index (χ4n) is 1.99. The highest BCUT2D eigenvalue weighted by Crippen LogP contribution is 2.19. The average Bonchev–Trinajstić information content (AvgIpc) is 2.16. The first kappa shape index (κ1) is 11.0. The highest BCUT2D eigenvalue weighted by atomic mass is 16.3. The van der Waals surface area contributed by atoms with Gasteiger partial charge in [0.15, 0.2) is 0 Å². The topological polar surface area (TPSA) is 43.7 Å². The molecule has 0 aromatic heterocycles. The molecule has 0 amide bonds. The lowest BCUT2D eigenvalue weighted by atomic mass is 9.92. The van der Waals surface area contributed by atoms with Crippen molar-refractivity contribution in [2.24, 2.45) is 5.92 Å². The van der Waals surface area contributed by atoms with Crippen LogP contribution in [0.1, 0.15) is 26.2 Å². The zero-order chi connectivity index (χ0) is 9.68. The van der Waals surface area contributed by atoms with E-state index >= 15 is 0 Å². The third-order valence-electron chi connectivity index (χ3n) is 2.93. The number of piperidine rings is 1. The van der Waals surface area contributed by atoms with E-state index in [2.05, 4.69) is 11.8 Å². The Labute approximate surface area is 80.4 Å². The molecule has 2 N–H and O–H groups in total. The summed E-state index contributed by atoms with van der Waals surface area (Å²) in [7, 11) is 0. The van der Waals surface area contributed by atoms with Crippen LogP contribution in [-0.2, 0) is 0 Å². The van der Waals surface area contributed by atoms with Gasteiger partial charge in [0.05, 0.1) is 6.10 Å². The van der Waals surface area contributed by atoms with Gasteiger partial charge in [0, 0.05) is 26.2 Å². The van der Waals surface area contributed by atoms with Crippen molar-refractivity contribution in [1.82, 2.24) is 4.90 Å². The molecule has 2 atom stereocenters. The second kappa shape index (κ2) is 5.58. The van der Waals surface area contributed by atoms with E-state index in [4.69, 9.17) is 5.11 Å². The van der Waals surface area contributed by atoms with E-state index in [1.54, 1.807) is 0 Å². The molecular formula is C10H21NO2. The van der Waals surface area contributed by atoms with Crippen LogP contribution in [-0.4, -0.2) is 47.5 Å². The van der Waals surface area contributed by atoms with Gasteiger partial charge >= 0.3 is 0 Å². The number of hydrogen-bond acceptors (Lipinski definition) is 3. The summed E-state index contributed by atoms with van der Waals surface area (Å²) in [5, 5.41) is 18.3. The molecule has 1 aliphatic rings. The van der Waals surface area contributed by atoms with Crippen LogP contribution in [0.15, 0.2) is 0 Å². The van der Waals surface area contributed by atoms with Crippen LogP contribution in [0.4, 0.5) is 0 Å². The maximum absolute atomic E-state index is 9.64. The van der Waals surface area contributed by atoms with Gasteiger partial charge in [0.2, 0.25) is 0 Å². The molecule has 0 aromatic carbocycles. The van der Waals surface area contributed by atoms with Crippen LogP contribution < -0.4 is 0 Å². The molecule has 1 heterocycles. The first-order valence-corrected chi connectivity index (χ1v) is 5.29. The number of aliphatic hydroxyl groups excluding tert-OH is 2. The Bertz CT molecular complexity index is 139. The standard InChI is InChI=1S/C10H21NO2/c1-2-9-8-11(5-3-7-12)6-4-10(9)13/h9-10,12-13H,2-8H2,1H3. The van der Waals surface area contributed by atoms with E-state index in [-0.39, 0.29) is 12.7 Å². The summed E-state index contributed by atoms with van der Waals surface area (Å²) in [6.07, 6.45) is 2.70. The smallest absolute Gasteiger partial charge is 0.0592 e. The van der Waals surface area contributed by atoms with Gasteiger partial charge < -0.3 is 15.1 Å². The van der Waals surface area contributed by atoms with Gasteiger partial charge in [0.25, 0.3) is 0 Å². The van der Waals surface area contributed by atoms with Crippen molar-refractivity contribution in [3.05, 3.63) is 0 Å². The maximum atomic E-state index is 9.64. The van der Waals surface area contributed by atoms with Gasteiger partial charge in [-0.2, -0.15) is 0 Å². The minimum Gasteiger partial charge on any atom is -0.396 e. The van der Waals surface area contributed by atoms with Crippen molar-refractivity contribution in [3.63, 3.8) is 0 Å². The fraction of sp³-hybridized carbons (Fsp3) is 1.00. The minimum absolute atomic E-state index is 0.102. The summed E-state index contributed by atoms with van der Waals surface area (Å²) in [5.41, 5.74) is 0. The fourth-order valence-corrected chi connectivity index (χ4v) is 1.99. The molecular weight excluding hydrogens is 166 g/mol. The van der Waals surface area contributed by atoms with Crippen molar-refractivity contribution >= 4 is 0 Å². The molecule has 0 spiro atoms. The summed E-state index contributed by atoms with van der Waals surface area (Å²) in [5.74, 6) is 0.437. The van der Waals surface area contributed by atoms with Crippen LogP contribution in [0.2, 0.25) is 0 Å². The van der Waals surface area contributed by atoms with E-state index in [0.29, 0.717) is 5.92 Å². The summed E-state index contributed by atoms with van der Waals surface area (Å²) in [6, 6.07) is 0. The number of likely N-dealkylation sites (tertiary alicyclic amines) is 1. The molecule has 1 rings (SSSR count). The molecule has 3 nitrogen and oxygen atoms in total. The van der Waals surface area contributed by atoms with Crippen molar-refractivity contribution in [1.29, 1.82) is 0 Å². The predicted molar refractivity (Wildman–Crippen MR) is 52.5 cm³/mol. The van der Waals surface area contributed by atoms with Crippen LogP contribution in [0, 0.1) is 5.92 Å². The van der Waals surface area contributed by atoms with Crippen LogP contribution >= 0.6 is 0 Å². The minimum atomic E-state index is -0.102. The molecule has 0 radical (unpaired) electrons. The van der Waals surface area contributed by atoms with E-state index in [1.165, 1.54) is 0 Å². The zero-order valence-corrected chi connectivity index (χ0v) is 8.45. The lowest BCUT2D eigenvalue weighted by Crippen LogP contribution is -2.43. The van der Waals surface area contributed by atoms with Crippen molar-refractivity contribution in [2.45, 2.75) is 32.3 Å². The van der Waals surface area contributed by atoms with E-state index in [1.807, 2.05) is 0 Å². The second-order valence-electron chi connectivity index (χ2n) is 3.90. The van der Waals surface area contributed by atoms with E-state index in [0.717, 1.165) is 38.9 Å². The molecule has 2 unspecified atom stereocenters. The number of aliphatic hydroxyl groups is 2. The van der Waals surface area contributed by atoms with Crippen LogP contribution in [0.3, 0.4) is 0 Å². The first-order chi connectivity index (χ1) is 6.27. The van der Waals surface area contributed by atoms with Crippen molar-refractivity contribution in [2.75, 3.05) is 26.2 Å². The summed E-state index contributed by atoms with van der Waals surface area (Å²) >= 11 is 0. The number of nitrogens with zero attached hydrogens (tertiary/aromatic N) is 1. The SMILES string of the molecule is CCC1CN(CCCO)CCC1O. The maximum Gasteiger partial charge on any atom is 0.0592 e. The monoisotopic (exact) mass is 187 g/mol. The average molecular weight is 187 g/mol. The molecule has 1 aliphatic heterocycles. The van der Waals surface area contributed by atoms with Gasteiger partial charge in [-0.15, -0.1) is 0 Å². The third kappa shape index (κ3) is 3.25. The molecule has 0 bridgehead atoms. The predicted octanol–water partition coefficient (Wildman–Crippen LogP) is 0.462. The Morgan fingerprint density at radius 2 is 2.23 bits per heavy atom. The number of hydrogen-bond donors (Lipinski definition) is 2. The molecule has 78 valence electrons. The van der Waals surface area contributed by atoms with E-state index < -0.39 is 0 Å². The van der Waals surface area contributed by atoms with Gasteiger partial charge in [-0.3, -0.25) is 0 Å². The lowest BCUT2D eigenvalue weighted by molar-refractivity contribution is 0.0234. The highest BCUT2D eigenvalue weighted by Gasteiger charge is 2.25. The van der Waals surface area contributed by atoms with Gasteiger partial charge in [-0.25, -0.2) is 0 Å². The highest BCUT2D eigenvalue weighted by molar-refractivity contribution is 4.78. The summed E-state index contributed by atoms with van der Waals surface area (Å²) in [4.78, 5) is 2.34. The molecule has 0 saturated carbocycles. The second-order valence-corrected chi connectivity index (χ2v) is 3.90. The Morgan fingerprint density at radius 3 is 2.85 bits per heavy atom. The Kier molecular flexibility index (Phi) is 4.70. The quantitative estimate of drug-likeness (QED) is 0.672. The van der Waals surface area contributed by atoms with Gasteiger partial charge in [0.1, 0.15) is 0 Å².